The summed E-state index contributed by atoms with van der Waals surface area (Å²) in [6.07, 6.45) is 50.3. The summed E-state index contributed by atoms with van der Waals surface area (Å²) in [5.41, 5.74) is -0.178. The standard InChI is InChI=1S/5C22H36O2/c5*1-14(23)17-7-8-18-16-6-5-15-13-20(2,24)11-12-21(15,3)19(16)9-10-22(17,18)4/h5*15-19,24H,5-13H2,1-4H3/t3*15-,16-,17+,18-,19-,20+,21-,22+;2*15-,16-,17+,18-,19-,20-,21-,22+/m00000/s1/i2*17D;;17D;. The van der Waals surface area contributed by atoms with E-state index in [0.717, 1.165) is 207 Å². The molecule has 0 aliphatic heterocycles. The number of fused-ring (bicyclic) bond motifs is 25. The van der Waals surface area contributed by atoms with Crippen molar-refractivity contribution < 1.29 is 53.6 Å². The molecule has 0 spiro atoms. The van der Waals surface area contributed by atoms with Gasteiger partial charge < -0.3 is 25.5 Å². The van der Waals surface area contributed by atoms with Crippen LogP contribution in [0.4, 0.5) is 0 Å². The predicted octanol–water partition coefficient (Wildman–Crippen LogP) is 24.9. The van der Waals surface area contributed by atoms with Gasteiger partial charge in [-0.3, -0.25) is 24.0 Å². The summed E-state index contributed by atoms with van der Waals surface area (Å²) in [6, 6.07) is 0. The molecule has 10 nitrogen and oxygen atoms in total. The molecule has 680 valence electrons. The number of ketones is 5. The van der Waals surface area contributed by atoms with Gasteiger partial charge >= 0.3 is 0 Å². The van der Waals surface area contributed by atoms with E-state index in [1.165, 1.54) is 135 Å². The molecular weight excluding hydrogens is 1480 g/mol. The highest BCUT2D eigenvalue weighted by molar-refractivity contribution is 5.81. The third kappa shape index (κ3) is 15.2. The maximum absolute atomic E-state index is 12.3. The lowest BCUT2D eigenvalue weighted by Crippen LogP contribution is -2.55. The van der Waals surface area contributed by atoms with Crippen LogP contribution in [0.15, 0.2) is 0 Å². The van der Waals surface area contributed by atoms with E-state index in [0.29, 0.717) is 116 Å². The summed E-state index contributed by atoms with van der Waals surface area (Å²) in [5, 5.41) is 52.9. The van der Waals surface area contributed by atoms with Gasteiger partial charge in [-0.05, 0) is 531 Å². The average molecular weight is 1670 g/mol. The molecule has 120 heavy (non-hydrogen) atoms. The molecule has 20 aliphatic carbocycles. The number of carbonyl (C=O) groups excluding carboxylic acids is 5. The predicted molar refractivity (Wildman–Crippen MR) is 483 cm³/mol. The highest BCUT2D eigenvalue weighted by Gasteiger charge is 2.69. The van der Waals surface area contributed by atoms with Crippen molar-refractivity contribution in [2.75, 3.05) is 0 Å². The number of Topliss-reactive ketones (excluding diaryl/α,β-unsaturated/α-hetero) is 5. The van der Waals surface area contributed by atoms with Crippen LogP contribution in [0.1, 0.15) is 432 Å². The molecule has 0 aromatic carbocycles. The van der Waals surface area contributed by atoms with Crippen LogP contribution >= 0.6 is 0 Å². The lowest BCUT2D eigenvalue weighted by molar-refractivity contribution is -0.150. The quantitative estimate of drug-likeness (QED) is 0.177. The lowest BCUT2D eigenvalue weighted by atomic mass is 9.44. The van der Waals surface area contributed by atoms with Gasteiger partial charge in [0, 0.05) is 33.6 Å². The zero-order valence-electron chi connectivity index (χ0n) is 83.3. The van der Waals surface area contributed by atoms with Crippen molar-refractivity contribution in [1.82, 2.24) is 0 Å². The molecule has 20 fully saturated rings. The Morgan fingerprint density at radius 2 is 0.375 bits per heavy atom. The Morgan fingerprint density at radius 3 is 0.567 bits per heavy atom. The minimum absolute atomic E-state index is 0.0876. The summed E-state index contributed by atoms with van der Waals surface area (Å²) in [7, 11) is 0. The minimum Gasteiger partial charge on any atom is -0.390 e. The molecule has 5 N–H and O–H groups in total. The van der Waals surface area contributed by atoms with E-state index >= 15 is 0 Å². The molecule has 0 heterocycles. The molecule has 0 radical (unpaired) electrons. The maximum Gasteiger partial charge on any atom is 0.133 e. The third-order valence-corrected chi connectivity index (χ3v) is 46.4. The molecule has 0 amide bonds. The van der Waals surface area contributed by atoms with Crippen molar-refractivity contribution in [3.05, 3.63) is 0 Å². The molecule has 20 aliphatic rings. The molecule has 0 saturated heterocycles. The largest absolute Gasteiger partial charge is 0.390 e. The SMILES string of the molecule is CC(=O)[C@H]1CC[C@H]2[C@@H]3CC[C@H]4C[C@@](C)(O)CC[C@]4(C)[C@H]3CC[C@]12C.CC(=O)[C@H]1CC[C@H]2[C@@H]3CC[C@H]4C[C@](C)(O)CC[C@]4(C)[C@H]3CC[C@]12C.[2H][C@]1(C(C)=O)CC[C@H]2[C@@H]3CC[C@H]4C[C@@](C)(O)CC[C@]4(C)[C@H]3CC[C@@]21C.[2H][C@]1(C(C)=O)CC[C@H]2[C@@H]3CC[C@H]4C[C@](C)(O)CC[C@]4(C)[C@H]3CC[C@@]21C.[2H][C@]1(C(C)=O)CC[C@H]2[C@@H]3CC[C@H]4C[C@](C)(O)CC[C@]4(C)[C@H]3CC[C@@]21C. The number of hydrogen-bond acceptors (Lipinski definition) is 10. The smallest absolute Gasteiger partial charge is 0.133 e. The Balaban J connectivity index is 0.000000114. The fourth-order valence-electron chi connectivity index (χ4n) is 39.7. The molecular formula is C110H180O10. The van der Waals surface area contributed by atoms with E-state index in [9.17, 15) is 49.5 Å². The van der Waals surface area contributed by atoms with E-state index in [1.54, 1.807) is 20.8 Å². The Morgan fingerprint density at radius 1 is 0.200 bits per heavy atom. The average Bonchev–Trinajstić information content (AvgIpc) is 1.60. The summed E-state index contributed by atoms with van der Waals surface area (Å²) in [4.78, 5) is 61.4. The topological polar surface area (TPSA) is 186 Å². The van der Waals surface area contributed by atoms with E-state index < -0.39 is 45.7 Å². The maximum atomic E-state index is 12.3. The molecule has 0 aromatic heterocycles. The Labute approximate surface area is 735 Å². The normalized spacial score (nSPS) is 59.2. The van der Waals surface area contributed by atoms with Crippen LogP contribution in [0.5, 0.6) is 0 Å². The summed E-state index contributed by atoms with van der Waals surface area (Å²) < 4.78 is 26.9. The number of hydrogen-bond donors (Lipinski definition) is 5. The lowest BCUT2D eigenvalue weighted by Gasteiger charge is -2.61. The highest BCUT2D eigenvalue weighted by atomic mass is 16.3. The van der Waals surface area contributed by atoms with Gasteiger partial charge in [-0.1, -0.05) is 69.2 Å². The van der Waals surface area contributed by atoms with Gasteiger partial charge in [-0.2, -0.15) is 0 Å². The minimum atomic E-state index is -0.851. The van der Waals surface area contributed by atoms with Gasteiger partial charge in [-0.15, -0.1) is 0 Å². The second-order valence-corrected chi connectivity index (χ2v) is 52.4. The van der Waals surface area contributed by atoms with Crippen LogP contribution in [0, 0.1) is 202 Å². The Bertz CT molecular complexity index is 3660. The zero-order chi connectivity index (χ0) is 89.4. The van der Waals surface area contributed by atoms with Crippen molar-refractivity contribution in [3.8, 4) is 0 Å². The van der Waals surface area contributed by atoms with Gasteiger partial charge in [0.15, 0.2) is 0 Å². The molecule has 0 bridgehead atoms. The first-order valence-corrected chi connectivity index (χ1v) is 51.6. The zero-order valence-corrected chi connectivity index (χ0v) is 80.3. The van der Waals surface area contributed by atoms with Gasteiger partial charge in [0.25, 0.3) is 0 Å². The molecule has 40 atom stereocenters. The van der Waals surface area contributed by atoms with Crippen LogP contribution in [-0.4, -0.2) is 82.5 Å². The van der Waals surface area contributed by atoms with Crippen molar-refractivity contribution in [2.45, 2.75) is 455 Å². The van der Waals surface area contributed by atoms with Crippen LogP contribution in [0.2, 0.25) is 0 Å². The number of aliphatic hydroxyl groups is 5. The second-order valence-electron chi connectivity index (χ2n) is 52.4. The van der Waals surface area contributed by atoms with E-state index in [-0.39, 0.29) is 44.4 Å². The van der Waals surface area contributed by atoms with Crippen molar-refractivity contribution in [3.63, 3.8) is 0 Å². The van der Waals surface area contributed by atoms with Crippen LogP contribution in [0.25, 0.3) is 0 Å². The monoisotopic (exact) mass is 1660 g/mol. The number of carbonyl (C=O) groups is 5. The molecule has 20 rings (SSSR count). The molecule has 10 heteroatoms. The molecule has 0 aromatic rings. The Hall–Kier alpha value is -1.85. The van der Waals surface area contributed by atoms with Crippen molar-refractivity contribution in [2.24, 2.45) is 202 Å². The van der Waals surface area contributed by atoms with Gasteiger partial charge in [0.1, 0.15) is 28.9 Å². The van der Waals surface area contributed by atoms with Crippen molar-refractivity contribution in [1.29, 1.82) is 0 Å². The van der Waals surface area contributed by atoms with Gasteiger partial charge in [0.05, 0.1) is 28.0 Å². The van der Waals surface area contributed by atoms with Crippen molar-refractivity contribution >= 4 is 28.9 Å². The van der Waals surface area contributed by atoms with Crippen LogP contribution in [0.3, 0.4) is 0 Å². The van der Waals surface area contributed by atoms with E-state index in [4.69, 9.17) is 4.11 Å². The third-order valence-electron chi connectivity index (χ3n) is 46.4. The second kappa shape index (κ2) is 31.7. The first kappa shape index (κ1) is 87.5. The first-order chi connectivity index (χ1) is 57.0. The van der Waals surface area contributed by atoms with E-state index in [2.05, 4.69) is 69.2 Å². The molecule has 20 saturated carbocycles. The molecule has 0 unspecified atom stereocenters. The van der Waals surface area contributed by atoms with Crippen LogP contribution < -0.4 is 0 Å². The van der Waals surface area contributed by atoms with Gasteiger partial charge in [-0.25, -0.2) is 0 Å². The fraction of sp³-hybridized carbons (Fsp3) is 0.955. The van der Waals surface area contributed by atoms with Gasteiger partial charge in [0.2, 0.25) is 0 Å². The fourth-order valence-corrected chi connectivity index (χ4v) is 39.7. The summed E-state index contributed by atoms with van der Waals surface area (Å²) >= 11 is 0. The van der Waals surface area contributed by atoms with E-state index in [1.807, 2.05) is 48.5 Å². The number of rotatable bonds is 5. The highest BCUT2D eigenvalue weighted by Crippen LogP contribution is 2.75. The Kier molecular flexibility index (Phi) is 23.1. The first-order valence-electron chi connectivity index (χ1n) is 53.1. The van der Waals surface area contributed by atoms with Crippen LogP contribution in [-0.2, 0) is 24.0 Å². The summed E-state index contributed by atoms with van der Waals surface area (Å²) in [6.45, 7) is 43.0. The summed E-state index contributed by atoms with van der Waals surface area (Å²) in [5.74, 6) is 13.4.